The van der Waals surface area contributed by atoms with Gasteiger partial charge in [0.25, 0.3) is 0 Å². The summed E-state index contributed by atoms with van der Waals surface area (Å²) in [7, 11) is 0. The third-order valence-electron chi connectivity index (χ3n) is 4.91. The Morgan fingerprint density at radius 3 is 2.47 bits per heavy atom. The summed E-state index contributed by atoms with van der Waals surface area (Å²) >= 11 is 3.42. The minimum Gasteiger partial charge on any atom is -0.490 e. The van der Waals surface area contributed by atoms with Crippen molar-refractivity contribution in [1.82, 2.24) is 4.90 Å². The summed E-state index contributed by atoms with van der Waals surface area (Å²) in [6.45, 7) is 5.13. The molecule has 0 spiro atoms. The molecule has 2 aromatic carbocycles. The van der Waals surface area contributed by atoms with Crippen molar-refractivity contribution in [2.24, 2.45) is 0 Å². The first-order valence-corrected chi connectivity index (χ1v) is 10.7. The summed E-state index contributed by atoms with van der Waals surface area (Å²) in [6.07, 6.45) is 0.400. The van der Waals surface area contributed by atoms with Crippen LogP contribution in [0.3, 0.4) is 0 Å². The van der Waals surface area contributed by atoms with Crippen LogP contribution in [0.5, 0.6) is 11.5 Å². The fraction of sp³-hybridized carbons (Fsp3) is 0.364. The number of aliphatic carboxylic acids is 1. The van der Waals surface area contributed by atoms with Crippen molar-refractivity contribution in [1.29, 1.82) is 0 Å². The molecule has 1 atom stereocenters. The van der Waals surface area contributed by atoms with Crippen LogP contribution in [0, 0.1) is 0 Å². The molecule has 7 nitrogen and oxygen atoms in total. The molecule has 0 radical (unpaired) electrons. The fourth-order valence-corrected chi connectivity index (χ4v) is 4.01. The number of fused-ring (bicyclic) bond motifs is 1. The second-order valence-corrected chi connectivity index (χ2v) is 7.69. The van der Waals surface area contributed by atoms with Crippen molar-refractivity contribution < 1.29 is 24.2 Å². The first kappa shape index (κ1) is 22.0. The Labute approximate surface area is 184 Å². The van der Waals surface area contributed by atoms with Gasteiger partial charge in [0.15, 0.2) is 11.5 Å². The molecule has 0 aliphatic carbocycles. The van der Waals surface area contributed by atoms with Crippen molar-refractivity contribution in [3.8, 4) is 11.5 Å². The van der Waals surface area contributed by atoms with Gasteiger partial charge in [-0.15, -0.1) is 0 Å². The maximum Gasteiger partial charge on any atom is 0.322 e. The molecule has 3 rings (SSSR count). The molecule has 0 saturated carbocycles. The van der Waals surface area contributed by atoms with Gasteiger partial charge in [-0.2, -0.15) is 0 Å². The van der Waals surface area contributed by atoms with Crippen LogP contribution in [0.1, 0.15) is 37.4 Å². The van der Waals surface area contributed by atoms with E-state index in [1.54, 1.807) is 11.0 Å². The predicted molar refractivity (Wildman–Crippen MR) is 117 cm³/mol. The number of nitrogens with one attached hydrogen (secondary N) is 1. The summed E-state index contributed by atoms with van der Waals surface area (Å²) in [5.74, 6) is 0.221. The Morgan fingerprint density at radius 1 is 1.17 bits per heavy atom. The molecule has 0 unspecified atom stereocenters. The van der Waals surface area contributed by atoms with Crippen molar-refractivity contribution in [3.05, 3.63) is 52.0 Å². The number of carboxylic acids is 1. The number of urea groups is 1. The van der Waals surface area contributed by atoms with Gasteiger partial charge in [0.1, 0.15) is 0 Å². The third-order valence-corrected chi connectivity index (χ3v) is 5.60. The van der Waals surface area contributed by atoms with Crippen LogP contribution in [0.4, 0.5) is 10.5 Å². The van der Waals surface area contributed by atoms with E-state index >= 15 is 0 Å². The van der Waals surface area contributed by atoms with Crippen molar-refractivity contribution in [2.75, 3.05) is 25.1 Å². The minimum atomic E-state index is -0.974. The molecule has 160 valence electrons. The zero-order valence-corrected chi connectivity index (χ0v) is 18.6. The highest BCUT2D eigenvalue weighted by molar-refractivity contribution is 9.10. The number of para-hydroxylation sites is 1. The summed E-state index contributed by atoms with van der Waals surface area (Å²) < 4.78 is 12.2. The maximum absolute atomic E-state index is 13.0. The SMILES string of the molecule is CCOc1cc2c(cc1OCC)[C@@H](CC(=O)O)N(C(=O)Nc1ccccc1Br)CC2. The molecule has 8 heteroatoms. The van der Waals surface area contributed by atoms with Crippen LogP contribution < -0.4 is 14.8 Å². The Bertz CT molecular complexity index is 934. The van der Waals surface area contributed by atoms with E-state index in [1.165, 1.54) is 0 Å². The van der Waals surface area contributed by atoms with Gasteiger partial charge in [-0.3, -0.25) is 4.79 Å². The monoisotopic (exact) mass is 476 g/mol. The molecule has 1 heterocycles. The van der Waals surface area contributed by atoms with Gasteiger partial charge >= 0.3 is 12.0 Å². The number of carbonyl (C=O) groups is 2. The van der Waals surface area contributed by atoms with Crippen LogP contribution in [0.15, 0.2) is 40.9 Å². The summed E-state index contributed by atoms with van der Waals surface area (Å²) in [5.41, 5.74) is 2.37. The lowest BCUT2D eigenvalue weighted by molar-refractivity contribution is -0.138. The number of hydrogen-bond donors (Lipinski definition) is 2. The molecular formula is C22H25BrN2O5. The van der Waals surface area contributed by atoms with Gasteiger partial charge in [-0.25, -0.2) is 4.79 Å². The number of carbonyl (C=O) groups excluding carboxylic acids is 1. The second kappa shape index (κ2) is 9.84. The fourth-order valence-electron chi connectivity index (χ4n) is 3.62. The Balaban J connectivity index is 1.96. The van der Waals surface area contributed by atoms with E-state index in [0.717, 1.165) is 15.6 Å². The molecule has 2 N–H and O–H groups in total. The molecule has 0 saturated heterocycles. The first-order chi connectivity index (χ1) is 14.4. The van der Waals surface area contributed by atoms with Crippen LogP contribution in [-0.2, 0) is 11.2 Å². The second-order valence-electron chi connectivity index (χ2n) is 6.83. The van der Waals surface area contributed by atoms with Crippen molar-refractivity contribution in [3.63, 3.8) is 0 Å². The van der Waals surface area contributed by atoms with E-state index in [9.17, 15) is 14.7 Å². The number of nitrogens with zero attached hydrogens (tertiary/aromatic N) is 1. The van der Waals surface area contributed by atoms with Crippen LogP contribution in [0.2, 0.25) is 0 Å². The quantitative estimate of drug-likeness (QED) is 0.595. The topological polar surface area (TPSA) is 88.1 Å². The average Bonchev–Trinajstić information content (AvgIpc) is 2.70. The van der Waals surface area contributed by atoms with Crippen molar-refractivity contribution >= 4 is 33.6 Å². The van der Waals surface area contributed by atoms with Gasteiger partial charge in [-0.1, -0.05) is 12.1 Å². The summed E-state index contributed by atoms with van der Waals surface area (Å²) in [4.78, 5) is 26.2. The lowest BCUT2D eigenvalue weighted by Crippen LogP contribution is -2.43. The van der Waals surface area contributed by atoms with Crippen molar-refractivity contribution in [2.45, 2.75) is 32.7 Å². The molecule has 0 aromatic heterocycles. The Kier molecular flexibility index (Phi) is 7.20. The predicted octanol–water partition coefficient (Wildman–Crippen LogP) is 4.85. The molecule has 2 aromatic rings. The smallest absolute Gasteiger partial charge is 0.322 e. The first-order valence-electron chi connectivity index (χ1n) is 9.90. The summed E-state index contributed by atoms with van der Waals surface area (Å²) in [5, 5.41) is 12.4. The number of ether oxygens (including phenoxy) is 2. The van der Waals surface area contributed by atoms with Crippen LogP contribution in [0.25, 0.3) is 0 Å². The van der Waals surface area contributed by atoms with Gasteiger partial charge < -0.3 is 24.8 Å². The standard InChI is InChI=1S/C22H25BrN2O5/c1-3-29-19-11-14-9-10-25(22(28)24-17-8-6-5-7-16(17)23)18(13-21(26)27)15(14)12-20(19)30-4-2/h5-8,11-12,18H,3-4,9-10,13H2,1-2H3,(H,24,28)(H,26,27)/t18-/m1/s1. The van der Waals surface area contributed by atoms with E-state index in [1.807, 2.05) is 44.2 Å². The molecule has 2 amide bonds. The van der Waals surface area contributed by atoms with Gasteiger partial charge in [0.2, 0.25) is 0 Å². The van der Waals surface area contributed by atoms with E-state index in [4.69, 9.17) is 9.47 Å². The van der Waals surface area contributed by atoms with Gasteiger partial charge in [-0.05, 0) is 71.6 Å². The number of anilines is 1. The number of hydrogen-bond acceptors (Lipinski definition) is 4. The Morgan fingerprint density at radius 2 is 1.83 bits per heavy atom. The number of halogens is 1. The van der Waals surface area contributed by atoms with Gasteiger partial charge in [0.05, 0.1) is 31.4 Å². The molecule has 1 aliphatic heterocycles. The van der Waals surface area contributed by atoms with Crippen LogP contribution >= 0.6 is 15.9 Å². The minimum absolute atomic E-state index is 0.198. The zero-order chi connectivity index (χ0) is 21.7. The number of carboxylic acid groups (broad SMARTS) is 1. The highest BCUT2D eigenvalue weighted by atomic mass is 79.9. The molecule has 30 heavy (non-hydrogen) atoms. The van der Waals surface area contributed by atoms with E-state index in [0.29, 0.717) is 43.4 Å². The normalized spacial score (nSPS) is 15.3. The average molecular weight is 477 g/mol. The van der Waals surface area contributed by atoms with Gasteiger partial charge in [0, 0.05) is 11.0 Å². The van der Waals surface area contributed by atoms with E-state index in [2.05, 4.69) is 21.2 Å². The molecule has 1 aliphatic rings. The van der Waals surface area contributed by atoms with Crippen LogP contribution in [-0.4, -0.2) is 41.8 Å². The lowest BCUT2D eigenvalue weighted by Gasteiger charge is -2.37. The highest BCUT2D eigenvalue weighted by Gasteiger charge is 2.34. The summed E-state index contributed by atoms with van der Waals surface area (Å²) in [6, 6.07) is 10.1. The zero-order valence-electron chi connectivity index (χ0n) is 17.0. The van der Waals surface area contributed by atoms with E-state index < -0.39 is 12.0 Å². The molecular weight excluding hydrogens is 452 g/mol. The Hall–Kier alpha value is -2.74. The molecule has 0 fully saturated rings. The number of rotatable bonds is 7. The number of amides is 2. The largest absolute Gasteiger partial charge is 0.490 e. The van der Waals surface area contributed by atoms with E-state index in [-0.39, 0.29) is 12.5 Å². The molecule has 0 bridgehead atoms. The maximum atomic E-state index is 13.0. The highest BCUT2D eigenvalue weighted by Crippen LogP contribution is 2.40. The number of benzene rings is 2. The lowest BCUT2D eigenvalue weighted by atomic mass is 9.90. The third kappa shape index (κ3) is 4.87.